The summed E-state index contributed by atoms with van der Waals surface area (Å²) in [5.41, 5.74) is 15.7. The number of nitrogens with zero attached hydrogens (tertiary/aromatic N) is 1. The summed E-state index contributed by atoms with van der Waals surface area (Å²) in [6.07, 6.45) is 28.1. The highest BCUT2D eigenvalue weighted by Crippen LogP contribution is 2.44. The fraction of sp³-hybridized carbons (Fsp3) is 0.500. The van der Waals surface area contributed by atoms with Crippen LogP contribution in [-0.2, 0) is 36.1 Å². The van der Waals surface area contributed by atoms with Crippen LogP contribution in [-0.4, -0.2) is 50.9 Å². The molecule has 0 bridgehead atoms. The lowest BCUT2D eigenvalue weighted by Gasteiger charge is -2.34. The molecule has 8 heteroatoms. The summed E-state index contributed by atoms with van der Waals surface area (Å²) in [4.78, 5) is 20.7. The molecule has 3 aliphatic rings. The number of hydrogen-bond acceptors (Lipinski definition) is 7. The first kappa shape index (κ1) is 60.0. The van der Waals surface area contributed by atoms with Crippen LogP contribution in [0.25, 0.3) is 23.3 Å². The summed E-state index contributed by atoms with van der Waals surface area (Å²) < 4.78 is 12.7. The molecule has 2 aliphatic carbocycles. The van der Waals surface area contributed by atoms with Gasteiger partial charge in [-0.3, -0.25) is 4.98 Å². The first-order valence-electron chi connectivity index (χ1n) is 28.7. The molecule has 0 radical (unpaired) electrons. The predicted octanol–water partition coefficient (Wildman–Crippen LogP) is 15.6. The van der Waals surface area contributed by atoms with Crippen molar-refractivity contribution >= 4 is 30.9 Å². The summed E-state index contributed by atoms with van der Waals surface area (Å²) in [5, 5.41) is 21.8. The topological polar surface area (TPSA) is 106 Å². The van der Waals surface area contributed by atoms with Crippen LogP contribution in [0.3, 0.4) is 0 Å². The van der Waals surface area contributed by atoms with Gasteiger partial charge in [-0.25, -0.2) is 0 Å². The highest BCUT2D eigenvalue weighted by Gasteiger charge is 2.52. The number of benzene rings is 4. The zero-order chi connectivity index (χ0) is 55.5. The second kappa shape index (κ2) is 25.5. The molecule has 3 fully saturated rings. The number of carbonyl (C=O) groups excluding carboxylic acids is 2. The zero-order valence-electron chi connectivity index (χ0n) is 48.6. The molecule has 2 heterocycles. The minimum Gasteiger partial charge on any atom is -0.399 e. The highest BCUT2D eigenvalue weighted by molar-refractivity contribution is 6.62. The van der Waals surface area contributed by atoms with Gasteiger partial charge < -0.3 is 19.5 Å². The minimum atomic E-state index is -0.642. The van der Waals surface area contributed by atoms with Crippen molar-refractivity contribution in [1.29, 1.82) is 0 Å². The van der Waals surface area contributed by atoms with E-state index < -0.39 is 11.2 Å². The molecule has 0 amide bonds. The molecule has 406 valence electrons. The predicted molar refractivity (Wildman–Crippen MR) is 315 cm³/mol. The SMILES string of the molecule is CCC(CC)(c1ccc(/C=C/C2(O)CCCCC2)c(C)c1)c1ccc(B2OC(C)(C)C(C)(C)O2)c(C)c1.CCc1cncc(-c2ccc(C(CC)(CC)c3ccc(/C=C/C4(O)CCCCC4)c(C)c3)cc2C)c1.O=C=O. The van der Waals surface area contributed by atoms with Gasteiger partial charge in [-0.1, -0.05) is 176 Å². The van der Waals surface area contributed by atoms with Gasteiger partial charge in [0.25, 0.3) is 0 Å². The lowest BCUT2D eigenvalue weighted by molar-refractivity contribution is -0.191. The maximum Gasteiger partial charge on any atom is 0.495 e. The van der Waals surface area contributed by atoms with Crippen LogP contribution in [0.15, 0.2) is 103 Å². The first-order chi connectivity index (χ1) is 36.1. The van der Waals surface area contributed by atoms with Crippen LogP contribution in [0.4, 0.5) is 0 Å². The molecule has 0 unspecified atom stereocenters. The van der Waals surface area contributed by atoms with Gasteiger partial charge in [0.2, 0.25) is 0 Å². The standard InChI is InChI=1S/C34H43NO.C33H47BO3.CO2/c1-6-27-22-29(24-35-23-27)32-15-14-31(21-26(32)5)34(7-2,8-3)30-13-12-28(25(4)20-30)16-19-33(36)17-10-9-11-18-33;1-9-33(10-2,27-15-14-26(24(3)22-27)18-21-32(35)19-12-11-13-20-32)28-16-17-29(25(4)23-28)34-36-30(5,6)31(7,8)37-34;2-1-3/h12-16,19-24,36H,6-11,17-18H2,1-5H3;14-18,21-23,35H,9-13,19-20H2,1-8H3;/b19-16+;21-18+;. The van der Waals surface area contributed by atoms with Crippen molar-refractivity contribution in [2.75, 3.05) is 0 Å². The number of aliphatic hydroxyl groups is 2. The maximum atomic E-state index is 10.9. The number of pyridine rings is 1. The fourth-order valence-electron chi connectivity index (χ4n) is 12.3. The largest absolute Gasteiger partial charge is 0.495 e. The van der Waals surface area contributed by atoms with Crippen LogP contribution in [0, 0.1) is 27.7 Å². The van der Waals surface area contributed by atoms with Crippen LogP contribution in [0.2, 0.25) is 0 Å². The molecule has 0 spiro atoms. The summed E-state index contributed by atoms with van der Waals surface area (Å²) in [6, 6.07) is 29.9. The van der Waals surface area contributed by atoms with Crippen LogP contribution in [0.5, 0.6) is 0 Å². The maximum absolute atomic E-state index is 10.9. The van der Waals surface area contributed by atoms with E-state index in [9.17, 15) is 10.2 Å². The van der Waals surface area contributed by atoms with Gasteiger partial charge in [0.15, 0.2) is 0 Å². The Kier molecular flexibility index (Phi) is 20.1. The Morgan fingerprint density at radius 1 is 0.553 bits per heavy atom. The Labute approximate surface area is 458 Å². The van der Waals surface area contributed by atoms with Crippen molar-refractivity contribution < 1.29 is 29.1 Å². The van der Waals surface area contributed by atoms with Gasteiger partial charge in [0, 0.05) is 28.8 Å². The molecule has 1 saturated heterocycles. The van der Waals surface area contributed by atoms with Crippen LogP contribution < -0.4 is 5.46 Å². The molecular formula is C68H90BNO6. The van der Waals surface area contributed by atoms with E-state index in [2.05, 4.69) is 186 Å². The van der Waals surface area contributed by atoms with Crippen molar-refractivity contribution in [3.63, 3.8) is 0 Å². The third-order valence-electron chi connectivity index (χ3n) is 18.3. The summed E-state index contributed by atoms with van der Waals surface area (Å²) >= 11 is 0. The molecule has 7 nitrogen and oxygen atoms in total. The average molecular weight is 1030 g/mol. The monoisotopic (exact) mass is 1030 g/mol. The van der Waals surface area contributed by atoms with Gasteiger partial charge in [0.05, 0.1) is 22.4 Å². The molecule has 76 heavy (non-hydrogen) atoms. The van der Waals surface area contributed by atoms with E-state index in [1.165, 1.54) is 85.2 Å². The second-order valence-electron chi connectivity index (χ2n) is 23.4. The molecule has 2 N–H and O–H groups in total. The molecule has 8 rings (SSSR count). The Morgan fingerprint density at radius 3 is 1.33 bits per heavy atom. The molecule has 1 aromatic heterocycles. The summed E-state index contributed by atoms with van der Waals surface area (Å²) in [5.74, 6) is 0. The van der Waals surface area contributed by atoms with E-state index in [0.29, 0.717) is 0 Å². The Bertz CT molecular complexity index is 2810. The molecule has 4 aromatic carbocycles. The van der Waals surface area contributed by atoms with Crippen molar-refractivity contribution in [3.05, 3.63) is 165 Å². The molecule has 2 saturated carbocycles. The number of hydrogen-bond donors (Lipinski definition) is 2. The molecular weight excluding hydrogens is 938 g/mol. The third kappa shape index (κ3) is 13.4. The average Bonchev–Trinajstić information content (AvgIpc) is 3.62. The minimum absolute atomic E-state index is 0.0264. The van der Waals surface area contributed by atoms with Gasteiger partial charge in [-0.05, 0) is 186 Å². The van der Waals surface area contributed by atoms with Crippen molar-refractivity contribution in [1.82, 2.24) is 4.98 Å². The molecule has 0 atom stereocenters. The lowest BCUT2D eigenvalue weighted by Crippen LogP contribution is -2.41. The fourth-order valence-corrected chi connectivity index (χ4v) is 12.3. The highest BCUT2D eigenvalue weighted by atomic mass is 16.7. The Hall–Kier alpha value is -5.21. The Balaban J connectivity index is 0.000000235. The summed E-state index contributed by atoms with van der Waals surface area (Å²) in [6.45, 7) is 28.6. The van der Waals surface area contributed by atoms with E-state index in [1.54, 1.807) is 0 Å². The van der Waals surface area contributed by atoms with Crippen LogP contribution >= 0.6 is 0 Å². The van der Waals surface area contributed by atoms with E-state index in [4.69, 9.17) is 18.9 Å². The smallest absolute Gasteiger partial charge is 0.399 e. The molecule has 1 aliphatic heterocycles. The summed E-state index contributed by atoms with van der Waals surface area (Å²) in [7, 11) is -0.344. The first-order valence-corrected chi connectivity index (χ1v) is 28.7. The van der Waals surface area contributed by atoms with E-state index >= 15 is 0 Å². The van der Waals surface area contributed by atoms with Gasteiger partial charge in [0.1, 0.15) is 0 Å². The van der Waals surface area contributed by atoms with Crippen molar-refractivity contribution in [3.8, 4) is 11.1 Å². The Morgan fingerprint density at radius 2 is 0.947 bits per heavy atom. The number of aryl methyl sites for hydroxylation is 5. The van der Waals surface area contributed by atoms with E-state index in [-0.39, 0.29) is 35.3 Å². The number of aromatic nitrogens is 1. The second-order valence-corrected chi connectivity index (χ2v) is 23.4. The van der Waals surface area contributed by atoms with Crippen LogP contribution in [0.1, 0.15) is 213 Å². The normalized spacial score (nSPS) is 17.9. The third-order valence-corrected chi connectivity index (χ3v) is 18.3. The van der Waals surface area contributed by atoms with Crippen molar-refractivity contribution in [2.45, 2.75) is 220 Å². The lowest BCUT2D eigenvalue weighted by atomic mass is 9.68. The van der Waals surface area contributed by atoms with Gasteiger partial charge in [-0.2, -0.15) is 9.59 Å². The quantitative estimate of drug-likeness (QED) is 0.101. The van der Waals surface area contributed by atoms with E-state index in [1.807, 2.05) is 24.5 Å². The van der Waals surface area contributed by atoms with Gasteiger partial charge >= 0.3 is 13.3 Å². The number of rotatable bonds is 15. The van der Waals surface area contributed by atoms with E-state index in [0.717, 1.165) is 88.9 Å². The molecule has 5 aromatic rings. The van der Waals surface area contributed by atoms with Gasteiger partial charge in [-0.15, -0.1) is 0 Å². The zero-order valence-corrected chi connectivity index (χ0v) is 48.6. The van der Waals surface area contributed by atoms with Crippen molar-refractivity contribution in [2.24, 2.45) is 0 Å².